The van der Waals surface area contributed by atoms with E-state index >= 15 is 0 Å². The summed E-state index contributed by atoms with van der Waals surface area (Å²) in [5.74, 6) is 0.391. The number of likely N-dealkylation sites (tertiary alicyclic amines) is 1. The molecular formula is C13H21NO2. The molecule has 0 bridgehead atoms. The molecule has 1 aliphatic carbocycles. The highest BCUT2D eigenvalue weighted by Crippen LogP contribution is 2.35. The van der Waals surface area contributed by atoms with Crippen LogP contribution in [0.4, 0.5) is 0 Å². The van der Waals surface area contributed by atoms with Crippen LogP contribution in [0.3, 0.4) is 0 Å². The maximum atomic E-state index is 12.2. The lowest BCUT2D eigenvalue weighted by Gasteiger charge is -2.44. The summed E-state index contributed by atoms with van der Waals surface area (Å²) < 4.78 is 0. The van der Waals surface area contributed by atoms with Crippen LogP contribution in [-0.2, 0) is 9.59 Å². The molecule has 1 saturated heterocycles. The Kier molecular flexibility index (Phi) is 3.74. The van der Waals surface area contributed by atoms with Crippen LogP contribution in [0, 0.1) is 11.8 Å². The van der Waals surface area contributed by atoms with Crippen molar-refractivity contribution in [2.24, 2.45) is 11.8 Å². The number of ketones is 1. The number of aldehydes is 1. The van der Waals surface area contributed by atoms with Gasteiger partial charge >= 0.3 is 0 Å². The van der Waals surface area contributed by atoms with Gasteiger partial charge in [-0.05, 0) is 51.1 Å². The summed E-state index contributed by atoms with van der Waals surface area (Å²) >= 11 is 0. The van der Waals surface area contributed by atoms with Crippen LogP contribution in [0.5, 0.6) is 0 Å². The molecule has 2 rings (SSSR count). The van der Waals surface area contributed by atoms with Gasteiger partial charge in [-0.1, -0.05) is 6.92 Å². The number of fused-ring (bicyclic) bond motifs is 1. The number of piperidine rings is 1. The van der Waals surface area contributed by atoms with Crippen LogP contribution in [0.15, 0.2) is 0 Å². The molecule has 0 aromatic rings. The van der Waals surface area contributed by atoms with E-state index in [0.717, 1.165) is 38.6 Å². The fraction of sp³-hybridized carbons (Fsp3) is 0.846. The third kappa shape index (κ3) is 2.05. The van der Waals surface area contributed by atoms with Gasteiger partial charge in [0, 0.05) is 0 Å². The van der Waals surface area contributed by atoms with E-state index in [0.29, 0.717) is 5.92 Å². The van der Waals surface area contributed by atoms with E-state index in [4.69, 9.17) is 0 Å². The van der Waals surface area contributed by atoms with Gasteiger partial charge in [0.1, 0.15) is 6.29 Å². The number of nitrogens with zero attached hydrogens (tertiary/aromatic N) is 1. The first-order valence-corrected chi connectivity index (χ1v) is 6.51. The Morgan fingerprint density at radius 3 is 2.88 bits per heavy atom. The highest BCUT2D eigenvalue weighted by molar-refractivity contribution is 5.97. The SMILES string of the molecule is CCCN1CCC[C@H]2CCC(C=O)C(=O)C21. The van der Waals surface area contributed by atoms with E-state index in [1.165, 1.54) is 12.8 Å². The Balaban J connectivity index is 2.13. The van der Waals surface area contributed by atoms with Gasteiger partial charge in [-0.2, -0.15) is 0 Å². The highest BCUT2D eigenvalue weighted by Gasteiger charge is 2.42. The van der Waals surface area contributed by atoms with E-state index in [2.05, 4.69) is 11.8 Å². The standard InChI is InChI=1S/C13H21NO2/c1-2-7-14-8-3-4-10-5-6-11(9-15)13(16)12(10)14/h9-12H,2-8H2,1H3/t10-,11?,12?/m0/s1. The highest BCUT2D eigenvalue weighted by atomic mass is 16.1. The summed E-state index contributed by atoms with van der Waals surface area (Å²) in [5.41, 5.74) is 0. The lowest BCUT2D eigenvalue weighted by atomic mass is 9.73. The average molecular weight is 223 g/mol. The lowest BCUT2D eigenvalue weighted by Crippen LogP contribution is -2.54. The van der Waals surface area contributed by atoms with Gasteiger partial charge in [0.05, 0.1) is 12.0 Å². The number of rotatable bonds is 3. The molecule has 3 nitrogen and oxygen atoms in total. The second-order valence-electron chi connectivity index (χ2n) is 5.11. The average Bonchev–Trinajstić information content (AvgIpc) is 2.30. The van der Waals surface area contributed by atoms with Crippen LogP contribution < -0.4 is 0 Å². The molecule has 2 unspecified atom stereocenters. The van der Waals surface area contributed by atoms with E-state index in [-0.39, 0.29) is 17.7 Å². The van der Waals surface area contributed by atoms with E-state index < -0.39 is 0 Å². The molecule has 2 aliphatic rings. The van der Waals surface area contributed by atoms with Crippen molar-refractivity contribution in [1.82, 2.24) is 4.90 Å². The summed E-state index contributed by atoms with van der Waals surface area (Å²) in [4.78, 5) is 25.4. The van der Waals surface area contributed by atoms with E-state index in [1.807, 2.05) is 0 Å². The van der Waals surface area contributed by atoms with Crippen molar-refractivity contribution < 1.29 is 9.59 Å². The van der Waals surface area contributed by atoms with Gasteiger partial charge in [-0.25, -0.2) is 0 Å². The Bertz CT molecular complexity index is 275. The zero-order valence-electron chi connectivity index (χ0n) is 10.0. The molecule has 3 atom stereocenters. The molecule has 16 heavy (non-hydrogen) atoms. The maximum absolute atomic E-state index is 12.2. The third-order valence-electron chi connectivity index (χ3n) is 4.04. The van der Waals surface area contributed by atoms with Crippen LogP contribution in [0.25, 0.3) is 0 Å². The lowest BCUT2D eigenvalue weighted by molar-refractivity contribution is -0.138. The number of Topliss-reactive ketones (excluding diaryl/α,β-unsaturated/α-hetero) is 1. The van der Waals surface area contributed by atoms with Crippen molar-refractivity contribution in [3.05, 3.63) is 0 Å². The molecule has 0 radical (unpaired) electrons. The largest absolute Gasteiger partial charge is 0.303 e. The molecule has 0 amide bonds. The molecule has 0 aromatic heterocycles. The summed E-state index contributed by atoms with van der Waals surface area (Å²) in [7, 11) is 0. The zero-order chi connectivity index (χ0) is 11.5. The van der Waals surface area contributed by atoms with E-state index in [1.54, 1.807) is 0 Å². The fourth-order valence-corrected chi connectivity index (χ4v) is 3.29. The quantitative estimate of drug-likeness (QED) is 0.539. The number of hydrogen-bond acceptors (Lipinski definition) is 3. The first kappa shape index (κ1) is 11.8. The molecule has 0 N–H and O–H groups in total. The molecule has 0 aromatic carbocycles. The molecular weight excluding hydrogens is 202 g/mol. The topological polar surface area (TPSA) is 37.4 Å². The third-order valence-corrected chi connectivity index (χ3v) is 4.04. The van der Waals surface area contributed by atoms with Gasteiger partial charge in [-0.15, -0.1) is 0 Å². The molecule has 2 fully saturated rings. The van der Waals surface area contributed by atoms with Crippen molar-refractivity contribution in [3.8, 4) is 0 Å². The Hall–Kier alpha value is -0.700. The van der Waals surface area contributed by atoms with Gasteiger partial charge in [0.15, 0.2) is 5.78 Å². The van der Waals surface area contributed by atoms with Crippen molar-refractivity contribution in [2.45, 2.75) is 45.1 Å². The molecule has 1 aliphatic heterocycles. The summed E-state index contributed by atoms with van der Waals surface area (Å²) in [6.07, 6.45) is 6.16. The van der Waals surface area contributed by atoms with Crippen molar-refractivity contribution in [3.63, 3.8) is 0 Å². The van der Waals surface area contributed by atoms with Crippen molar-refractivity contribution in [2.75, 3.05) is 13.1 Å². The summed E-state index contributed by atoms with van der Waals surface area (Å²) in [5, 5.41) is 0. The van der Waals surface area contributed by atoms with Gasteiger partial charge in [0.25, 0.3) is 0 Å². The Morgan fingerprint density at radius 2 is 2.19 bits per heavy atom. The minimum Gasteiger partial charge on any atom is -0.303 e. The first-order valence-electron chi connectivity index (χ1n) is 6.51. The fourth-order valence-electron chi connectivity index (χ4n) is 3.29. The zero-order valence-corrected chi connectivity index (χ0v) is 10.0. The van der Waals surface area contributed by atoms with Crippen molar-refractivity contribution in [1.29, 1.82) is 0 Å². The predicted molar refractivity (Wildman–Crippen MR) is 62.2 cm³/mol. The first-order chi connectivity index (χ1) is 7.77. The summed E-state index contributed by atoms with van der Waals surface area (Å²) in [6, 6.07) is 0.0534. The monoisotopic (exact) mass is 223 g/mol. The molecule has 0 spiro atoms. The van der Waals surface area contributed by atoms with Gasteiger partial charge < -0.3 is 4.79 Å². The molecule has 1 saturated carbocycles. The molecule has 1 heterocycles. The Morgan fingerprint density at radius 1 is 1.38 bits per heavy atom. The minimum absolute atomic E-state index is 0.0534. The molecule has 3 heteroatoms. The maximum Gasteiger partial charge on any atom is 0.160 e. The smallest absolute Gasteiger partial charge is 0.160 e. The van der Waals surface area contributed by atoms with Crippen LogP contribution >= 0.6 is 0 Å². The van der Waals surface area contributed by atoms with Crippen molar-refractivity contribution >= 4 is 12.1 Å². The van der Waals surface area contributed by atoms with Crippen LogP contribution in [0.1, 0.15) is 39.0 Å². The normalized spacial score (nSPS) is 35.8. The Labute approximate surface area is 97.2 Å². The number of carbonyl (C=O) groups excluding carboxylic acids is 2. The number of carbonyl (C=O) groups is 2. The van der Waals surface area contributed by atoms with Crippen LogP contribution in [0.2, 0.25) is 0 Å². The second-order valence-corrected chi connectivity index (χ2v) is 5.11. The minimum atomic E-state index is -0.321. The predicted octanol–water partition coefficient (Wildman–Crippen LogP) is 1.66. The number of hydrogen-bond donors (Lipinski definition) is 0. The van der Waals surface area contributed by atoms with Crippen LogP contribution in [-0.4, -0.2) is 36.1 Å². The van der Waals surface area contributed by atoms with Gasteiger partial charge in [-0.3, -0.25) is 9.69 Å². The van der Waals surface area contributed by atoms with E-state index in [9.17, 15) is 9.59 Å². The van der Waals surface area contributed by atoms with Gasteiger partial charge in [0.2, 0.25) is 0 Å². The summed E-state index contributed by atoms with van der Waals surface area (Å²) in [6.45, 7) is 4.18. The second kappa shape index (κ2) is 5.09. The molecule has 90 valence electrons.